The molecule has 4 nitrogen and oxygen atoms in total. The fourth-order valence-electron chi connectivity index (χ4n) is 1.68. The average Bonchev–Trinajstić information content (AvgIpc) is 2.48. The molecule has 0 unspecified atom stereocenters. The minimum Gasteiger partial charge on any atom is -0.452 e. The van der Waals surface area contributed by atoms with E-state index in [9.17, 15) is 9.59 Å². The van der Waals surface area contributed by atoms with Gasteiger partial charge in [0, 0.05) is 4.47 Å². The van der Waals surface area contributed by atoms with Crippen LogP contribution in [-0.2, 0) is 9.53 Å². The summed E-state index contributed by atoms with van der Waals surface area (Å²) in [4.78, 5) is 23.6. The summed E-state index contributed by atoms with van der Waals surface area (Å²) in [7, 11) is 0. The van der Waals surface area contributed by atoms with E-state index in [1.807, 2.05) is 6.92 Å². The van der Waals surface area contributed by atoms with Gasteiger partial charge < -0.3 is 10.1 Å². The predicted molar refractivity (Wildman–Crippen MR) is 89.2 cm³/mol. The lowest BCUT2D eigenvalue weighted by Gasteiger charge is -2.08. The molecule has 0 aromatic heterocycles. The fraction of sp³-hybridized carbons (Fsp3) is 0.125. The van der Waals surface area contributed by atoms with Crippen molar-refractivity contribution in [2.75, 3.05) is 11.9 Å². The van der Waals surface area contributed by atoms with Crippen LogP contribution in [0.5, 0.6) is 0 Å². The zero-order valence-electron chi connectivity index (χ0n) is 11.7. The fourth-order valence-corrected chi connectivity index (χ4v) is 2.40. The monoisotopic (exact) mass is 381 g/mol. The number of anilines is 1. The molecule has 114 valence electrons. The van der Waals surface area contributed by atoms with Gasteiger partial charge in [-0.05, 0) is 37.3 Å². The van der Waals surface area contributed by atoms with Gasteiger partial charge in [-0.2, -0.15) is 0 Å². The molecule has 0 heterocycles. The van der Waals surface area contributed by atoms with Crippen LogP contribution in [0.15, 0.2) is 46.9 Å². The molecule has 2 rings (SSSR count). The Morgan fingerprint density at radius 2 is 1.86 bits per heavy atom. The Morgan fingerprint density at radius 3 is 2.50 bits per heavy atom. The van der Waals surface area contributed by atoms with Gasteiger partial charge in [0.2, 0.25) is 0 Å². The first-order valence-corrected chi connectivity index (χ1v) is 7.61. The SMILES string of the molecule is Cc1ccc(C(=O)OCC(=O)Nc2ccc(Br)cc2Cl)cc1. The summed E-state index contributed by atoms with van der Waals surface area (Å²) >= 11 is 9.27. The van der Waals surface area contributed by atoms with Crippen molar-refractivity contribution in [1.29, 1.82) is 0 Å². The van der Waals surface area contributed by atoms with E-state index in [1.54, 1.807) is 42.5 Å². The number of aryl methyl sites for hydroxylation is 1. The highest BCUT2D eigenvalue weighted by molar-refractivity contribution is 9.10. The molecule has 22 heavy (non-hydrogen) atoms. The number of halogens is 2. The Balaban J connectivity index is 1.89. The van der Waals surface area contributed by atoms with Crippen LogP contribution in [-0.4, -0.2) is 18.5 Å². The van der Waals surface area contributed by atoms with Gasteiger partial charge in [0.15, 0.2) is 6.61 Å². The van der Waals surface area contributed by atoms with E-state index in [2.05, 4.69) is 21.2 Å². The molecule has 1 N–H and O–H groups in total. The lowest BCUT2D eigenvalue weighted by Crippen LogP contribution is -2.21. The van der Waals surface area contributed by atoms with Crippen LogP contribution in [0.2, 0.25) is 5.02 Å². The number of hydrogen-bond acceptors (Lipinski definition) is 3. The summed E-state index contributed by atoms with van der Waals surface area (Å²) in [6, 6.07) is 12.0. The molecule has 6 heteroatoms. The van der Waals surface area contributed by atoms with E-state index in [-0.39, 0.29) is 6.61 Å². The number of amides is 1. The smallest absolute Gasteiger partial charge is 0.338 e. The van der Waals surface area contributed by atoms with Gasteiger partial charge >= 0.3 is 5.97 Å². The molecule has 1 amide bonds. The lowest BCUT2D eigenvalue weighted by molar-refractivity contribution is -0.119. The number of hydrogen-bond donors (Lipinski definition) is 1. The van der Waals surface area contributed by atoms with Crippen molar-refractivity contribution in [3.63, 3.8) is 0 Å². The Morgan fingerprint density at radius 1 is 1.18 bits per heavy atom. The highest BCUT2D eigenvalue weighted by Gasteiger charge is 2.11. The Hall–Kier alpha value is -1.85. The number of benzene rings is 2. The van der Waals surface area contributed by atoms with E-state index < -0.39 is 11.9 Å². The van der Waals surface area contributed by atoms with Crippen molar-refractivity contribution in [1.82, 2.24) is 0 Å². The average molecular weight is 383 g/mol. The first kappa shape index (κ1) is 16.5. The largest absolute Gasteiger partial charge is 0.452 e. The maximum Gasteiger partial charge on any atom is 0.338 e. The van der Waals surface area contributed by atoms with Crippen molar-refractivity contribution in [2.24, 2.45) is 0 Å². The molecule has 0 aliphatic rings. The van der Waals surface area contributed by atoms with Crippen molar-refractivity contribution in [3.8, 4) is 0 Å². The zero-order valence-corrected chi connectivity index (χ0v) is 14.1. The summed E-state index contributed by atoms with van der Waals surface area (Å²) in [6.45, 7) is 1.55. The molecule has 0 saturated heterocycles. The molecule has 0 fully saturated rings. The molecule has 0 aliphatic heterocycles. The number of carbonyl (C=O) groups is 2. The first-order chi connectivity index (χ1) is 10.5. The molecular formula is C16H13BrClNO3. The molecule has 2 aromatic rings. The molecule has 0 atom stereocenters. The van der Waals surface area contributed by atoms with Gasteiger partial charge in [0.25, 0.3) is 5.91 Å². The minimum atomic E-state index is -0.544. The maximum absolute atomic E-state index is 11.8. The Kier molecular flexibility index (Phi) is 5.57. The normalized spacial score (nSPS) is 10.1. The summed E-state index contributed by atoms with van der Waals surface area (Å²) in [5.74, 6) is -0.998. The van der Waals surface area contributed by atoms with E-state index in [0.29, 0.717) is 16.3 Å². The van der Waals surface area contributed by atoms with Gasteiger partial charge in [-0.15, -0.1) is 0 Å². The third-order valence-corrected chi connectivity index (χ3v) is 3.63. The first-order valence-electron chi connectivity index (χ1n) is 6.44. The molecule has 0 spiro atoms. The quantitative estimate of drug-likeness (QED) is 0.806. The van der Waals surface area contributed by atoms with Crippen molar-refractivity contribution in [2.45, 2.75) is 6.92 Å². The van der Waals surface area contributed by atoms with Crippen molar-refractivity contribution in [3.05, 3.63) is 63.1 Å². The highest BCUT2D eigenvalue weighted by Crippen LogP contribution is 2.25. The van der Waals surface area contributed by atoms with Gasteiger partial charge in [-0.1, -0.05) is 45.2 Å². The van der Waals surface area contributed by atoms with Crippen LogP contribution in [0, 0.1) is 6.92 Å². The molecule has 0 bridgehead atoms. The van der Waals surface area contributed by atoms with Gasteiger partial charge in [-0.3, -0.25) is 4.79 Å². The number of nitrogens with one attached hydrogen (secondary N) is 1. The molecule has 0 saturated carbocycles. The van der Waals surface area contributed by atoms with Crippen LogP contribution < -0.4 is 5.32 Å². The maximum atomic E-state index is 11.8. The topological polar surface area (TPSA) is 55.4 Å². The van der Waals surface area contributed by atoms with Crippen molar-refractivity contribution < 1.29 is 14.3 Å². The van der Waals surface area contributed by atoms with E-state index in [1.165, 1.54) is 0 Å². The molecule has 2 aromatic carbocycles. The van der Waals surface area contributed by atoms with Gasteiger partial charge in [0.05, 0.1) is 16.3 Å². The van der Waals surface area contributed by atoms with E-state index >= 15 is 0 Å². The summed E-state index contributed by atoms with van der Waals surface area (Å²) < 4.78 is 5.77. The molecule has 0 aliphatic carbocycles. The summed E-state index contributed by atoms with van der Waals surface area (Å²) in [5.41, 5.74) is 1.90. The lowest BCUT2D eigenvalue weighted by atomic mass is 10.1. The van der Waals surface area contributed by atoms with E-state index in [0.717, 1.165) is 10.0 Å². The van der Waals surface area contributed by atoms with Crippen LogP contribution in [0.3, 0.4) is 0 Å². The second-order valence-corrected chi connectivity index (χ2v) is 5.94. The molecule has 0 radical (unpaired) electrons. The summed E-state index contributed by atoms with van der Waals surface area (Å²) in [5, 5.41) is 2.98. The van der Waals surface area contributed by atoms with Gasteiger partial charge in [0.1, 0.15) is 0 Å². The minimum absolute atomic E-state index is 0.376. The Bertz CT molecular complexity index is 701. The zero-order chi connectivity index (χ0) is 16.1. The van der Waals surface area contributed by atoms with Gasteiger partial charge in [-0.25, -0.2) is 4.79 Å². The van der Waals surface area contributed by atoms with Crippen LogP contribution in [0.25, 0.3) is 0 Å². The number of rotatable bonds is 4. The predicted octanol–water partition coefficient (Wildman–Crippen LogP) is 4.21. The standard InChI is InChI=1S/C16H13BrClNO3/c1-10-2-4-11(5-3-10)16(21)22-9-15(20)19-14-7-6-12(17)8-13(14)18/h2-8H,9H2,1H3,(H,19,20). The Labute approximate surface area is 141 Å². The van der Waals surface area contributed by atoms with Crippen molar-refractivity contribution >= 4 is 45.1 Å². The van der Waals surface area contributed by atoms with Crippen LogP contribution in [0.4, 0.5) is 5.69 Å². The second-order valence-electron chi connectivity index (χ2n) is 4.61. The van der Waals surface area contributed by atoms with E-state index in [4.69, 9.17) is 16.3 Å². The number of esters is 1. The highest BCUT2D eigenvalue weighted by atomic mass is 79.9. The third-order valence-electron chi connectivity index (χ3n) is 2.83. The second kappa shape index (κ2) is 7.42. The number of carbonyl (C=O) groups excluding carboxylic acids is 2. The third kappa shape index (κ3) is 4.58. The summed E-state index contributed by atoms with van der Waals surface area (Å²) in [6.07, 6.45) is 0. The van der Waals surface area contributed by atoms with Crippen LogP contribution >= 0.6 is 27.5 Å². The molecular weight excluding hydrogens is 370 g/mol. The van der Waals surface area contributed by atoms with Crippen LogP contribution in [0.1, 0.15) is 15.9 Å². The number of ether oxygens (including phenoxy) is 1.